The number of hydrogen-bond acceptors (Lipinski definition) is 2. The van der Waals surface area contributed by atoms with E-state index in [1.165, 1.54) is 11.1 Å². The zero-order valence-corrected chi connectivity index (χ0v) is 13.0. The van der Waals surface area contributed by atoms with Crippen molar-refractivity contribution in [3.63, 3.8) is 0 Å². The van der Waals surface area contributed by atoms with Gasteiger partial charge >= 0.3 is 0 Å². The lowest BCUT2D eigenvalue weighted by atomic mass is 10.0. The first kappa shape index (κ1) is 14.5. The van der Waals surface area contributed by atoms with Crippen molar-refractivity contribution in [3.05, 3.63) is 70.7 Å². The van der Waals surface area contributed by atoms with Gasteiger partial charge in [-0.3, -0.25) is 4.79 Å². The minimum absolute atomic E-state index is 0.0193. The van der Waals surface area contributed by atoms with Gasteiger partial charge in [-0.05, 0) is 29.7 Å². The second kappa shape index (κ2) is 6.54. The Hall–Kier alpha value is -1.45. The van der Waals surface area contributed by atoms with E-state index in [0.29, 0.717) is 0 Å². The van der Waals surface area contributed by atoms with Crippen molar-refractivity contribution < 1.29 is 4.79 Å². The summed E-state index contributed by atoms with van der Waals surface area (Å²) in [6.07, 6.45) is 0.889. The Bertz CT molecular complexity index is 614. The molecule has 2 nitrogen and oxygen atoms in total. The summed E-state index contributed by atoms with van der Waals surface area (Å²) < 4.78 is 0. The highest BCUT2D eigenvalue weighted by Crippen LogP contribution is 2.40. The van der Waals surface area contributed by atoms with E-state index in [1.54, 1.807) is 11.8 Å². The highest BCUT2D eigenvalue weighted by Gasteiger charge is 2.29. The van der Waals surface area contributed by atoms with Crippen LogP contribution < -0.4 is 5.32 Å². The summed E-state index contributed by atoms with van der Waals surface area (Å²) in [5, 5.41) is 3.81. The molecule has 1 amide bonds. The normalized spacial score (nSPS) is 19.3. The van der Waals surface area contributed by atoms with Gasteiger partial charge in [0.1, 0.15) is 0 Å². The smallest absolute Gasteiger partial charge is 0.233 e. The highest BCUT2D eigenvalue weighted by atomic mass is 35.5. The van der Waals surface area contributed by atoms with Gasteiger partial charge in [0.15, 0.2) is 0 Å². The van der Waals surface area contributed by atoms with E-state index in [4.69, 9.17) is 11.6 Å². The van der Waals surface area contributed by atoms with Gasteiger partial charge in [0.05, 0.1) is 10.5 Å². The van der Waals surface area contributed by atoms with E-state index >= 15 is 0 Å². The van der Waals surface area contributed by atoms with Crippen molar-refractivity contribution in [2.45, 2.75) is 16.9 Å². The van der Waals surface area contributed by atoms with Crippen LogP contribution in [0, 0.1) is 0 Å². The molecule has 2 aromatic carbocycles. The second-order valence-electron chi connectivity index (χ2n) is 5.05. The summed E-state index contributed by atoms with van der Waals surface area (Å²) in [6.45, 7) is 0.776. The summed E-state index contributed by atoms with van der Waals surface area (Å²) in [5.41, 5.74) is 2.39. The number of carbonyl (C=O) groups is 1. The summed E-state index contributed by atoms with van der Waals surface area (Å²) in [6, 6.07) is 18.2. The number of thioether (sulfide) groups is 1. The first-order valence-corrected chi connectivity index (χ1v) is 8.30. The Morgan fingerprint density at radius 2 is 1.71 bits per heavy atom. The van der Waals surface area contributed by atoms with E-state index in [1.807, 2.05) is 42.5 Å². The lowest BCUT2D eigenvalue weighted by Crippen LogP contribution is -2.21. The molecule has 1 heterocycles. The van der Waals surface area contributed by atoms with Crippen molar-refractivity contribution in [3.8, 4) is 0 Å². The van der Waals surface area contributed by atoms with Crippen molar-refractivity contribution in [2.75, 3.05) is 6.54 Å². The molecule has 1 fully saturated rings. The standard InChI is InChI=1S/C17H16ClNOS/c18-14-8-6-13(7-9-14)16(12-4-2-1-3-5-12)21-15-10-11-19-17(15)20/h1-9,15-16H,10-11H2,(H,19,20)/t15-,16+/m1/s1. The maximum Gasteiger partial charge on any atom is 0.233 e. The van der Waals surface area contributed by atoms with E-state index in [2.05, 4.69) is 17.4 Å². The third-order valence-electron chi connectivity index (χ3n) is 3.57. The van der Waals surface area contributed by atoms with Crippen LogP contribution in [0.3, 0.4) is 0 Å². The lowest BCUT2D eigenvalue weighted by Gasteiger charge is -2.20. The van der Waals surface area contributed by atoms with Crippen molar-refractivity contribution in [1.82, 2.24) is 5.32 Å². The Balaban J connectivity index is 1.91. The van der Waals surface area contributed by atoms with Crippen molar-refractivity contribution in [2.24, 2.45) is 0 Å². The average molecular weight is 318 g/mol. The molecule has 0 saturated carbocycles. The molecule has 108 valence electrons. The van der Waals surface area contributed by atoms with Crippen LogP contribution in [0.1, 0.15) is 22.8 Å². The van der Waals surface area contributed by atoms with Gasteiger partial charge in [-0.15, -0.1) is 11.8 Å². The quantitative estimate of drug-likeness (QED) is 0.921. The summed E-state index contributed by atoms with van der Waals surface area (Å²) in [7, 11) is 0. The predicted molar refractivity (Wildman–Crippen MR) is 88.7 cm³/mol. The fraction of sp³-hybridized carbons (Fsp3) is 0.235. The van der Waals surface area contributed by atoms with Crippen LogP contribution in [0.4, 0.5) is 0 Å². The summed E-state index contributed by atoms with van der Waals surface area (Å²) in [4.78, 5) is 11.9. The number of amides is 1. The largest absolute Gasteiger partial charge is 0.355 e. The minimum atomic E-state index is 0.0193. The van der Waals surface area contributed by atoms with Crippen LogP contribution in [0.15, 0.2) is 54.6 Å². The number of benzene rings is 2. The summed E-state index contributed by atoms with van der Waals surface area (Å²) in [5.74, 6) is 0.148. The Kier molecular flexibility index (Phi) is 4.51. The van der Waals surface area contributed by atoms with Crippen LogP contribution in [-0.2, 0) is 4.79 Å². The molecule has 0 aliphatic carbocycles. The minimum Gasteiger partial charge on any atom is -0.355 e. The van der Waals surface area contributed by atoms with E-state index in [0.717, 1.165) is 18.0 Å². The zero-order chi connectivity index (χ0) is 14.7. The van der Waals surface area contributed by atoms with E-state index in [-0.39, 0.29) is 16.4 Å². The number of hydrogen-bond donors (Lipinski definition) is 1. The molecule has 0 unspecified atom stereocenters. The zero-order valence-electron chi connectivity index (χ0n) is 11.5. The molecule has 21 heavy (non-hydrogen) atoms. The molecule has 4 heteroatoms. The number of rotatable bonds is 4. The first-order valence-electron chi connectivity index (χ1n) is 6.97. The van der Waals surface area contributed by atoms with E-state index in [9.17, 15) is 4.79 Å². The number of carbonyl (C=O) groups excluding carboxylic acids is 1. The average Bonchev–Trinajstić information content (AvgIpc) is 2.92. The molecule has 0 aromatic heterocycles. The number of nitrogens with one attached hydrogen (secondary N) is 1. The monoisotopic (exact) mass is 317 g/mol. The van der Waals surface area contributed by atoms with Gasteiger partial charge in [-0.2, -0.15) is 0 Å². The number of halogens is 1. The SMILES string of the molecule is O=C1NCC[C@H]1S[C@@H](c1ccccc1)c1ccc(Cl)cc1. The fourth-order valence-electron chi connectivity index (χ4n) is 2.48. The van der Waals surface area contributed by atoms with Gasteiger partial charge in [-0.25, -0.2) is 0 Å². The van der Waals surface area contributed by atoms with E-state index < -0.39 is 0 Å². The molecule has 1 saturated heterocycles. The van der Waals surface area contributed by atoms with Gasteiger partial charge in [-0.1, -0.05) is 54.1 Å². The Morgan fingerprint density at radius 3 is 2.33 bits per heavy atom. The highest BCUT2D eigenvalue weighted by molar-refractivity contribution is 8.01. The van der Waals surface area contributed by atoms with Gasteiger partial charge in [0.25, 0.3) is 0 Å². The lowest BCUT2D eigenvalue weighted by molar-refractivity contribution is -0.118. The van der Waals surface area contributed by atoms with Gasteiger partial charge < -0.3 is 5.32 Å². The van der Waals surface area contributed by atoms with Crippen LogP contribution in [-0.4, -0.2) is 17.7 Å². The van der Waals surface area contributed by atoms with Crippen LogP contribution in [0.2, 0.25) is 5.02 Å². The van der Waals surface area contributed by atoms with Crippen LogP contribution >= 0.6 is 23.4 Å². The molecular weight excluding hydrogens is 302 g/mol. The molecule has 2 aromatic rings. The molecule has 2 atom stereocenters. The molecule has 1 aliphatic rings. The first-order chi connectivity index (χ1) is 10.2. The topological polar surface area (TPSA) is 29.1 Å². The fourth-order valence-corrected chi connectivity index (χ4v) is 4.02. The maximum absolute atomic E-state index is 11.9. The Labute approximate surface area is 133 Å². The third-order valence-corrected chi connectivity index (χ3v) is 5.42. The maximum atomic E-state index is 11.9. The molecule has 0 bridgehead atoms. The second-order valence-corrected chi connectivity index (χ2v) is 6.80. The van der Waals surface area contributed by atoms with Gasteiger partial charge in [0, 0.05) is 11.6 Å². The third kappa shape index (κ3) is 3.42. The molecular formula is C17H16ClNOS. The summed E-state index contributed by atoms with van der Waals surface area (Å²) >= 11 is 7.70. The molecule has 1 aliphatic heterocycles. The molecule has 3 rings (SSSR count). The van der Waals surface area contributed by atoms with Gasteiger partial charge in [0.2, 0.25) is 5.91 Å². The Morgan fingerprint density at radius 1 is 1.05 bits per heavy atom. The van der Waals surface area contributed by atoms with Crippen molar-refractivity contribution >= 4 is 29.3 Å². The van der Waals surface area contributed by atoms with Crippen molar-refractivity contribution in [1.29, 1.82) is 0 Å². The van der Waals surface area contributed by atoms with Crippen LogP contribution in [0.5, 0.6) is 0 Å². The molecule has 0 spiro atoms. The van der Waals surface area contributed by atoms with Crippen LogP contribution in [0.25, 0.3) is 0 Å². The molecule has 0 radical (unpaired) electrons. The predicted octanol–water partition coefficient (Wildman–Crippen LogP) is 4.05. The molecule has 1 N–H and O–H groups in total.